The Morgan fingerprint density at radius 2 is 1.61 bits per heavy atom. The summed E-state index contributed by atoms with van der Waals surface area (Å²) in [4.78, 5) is 12.3. The number of aryl methyl sites for hydroxylation is 1. The van der Waals surface area contributed by atoms with Crippen LogP contribution in [0.5, 0.6) is 11.5 Å². The highest BCUT2D eigenvalue weighted by Crippen LogP contribution is 2.26. The molecule has 1 N–H and O–H groups in total. The van der Waals surface area contributed by atoms with Gasteiger partial charge in [0.05, 0.1) is 7.11 Å². The quantitative estimate of drug-likeness (QED) is 0.469. The first-order valence-electron chi connectivity index (χ1n) is 9.68. The van der Waals surface area contributed by atoms with E-state index in [1.807, 2.05) is 43.3 Å². The minimum absolute atomic E-state index is 0.129. The molecule has 1 aromatic heterocycles. The highest BCUT2D eigenvalue weighted by Gasteiger charge is 2.12. The average molecular weight is 415 g/mol. The molecule has 156 valence electrons. The highest BCUT2D eigenvalue weighted by molar-refractivity contribution is 5.92. The van der Waals surface area contributed by atoms with Gasteiger partial charge >= 0.3 is 0 Å². The summed E-state index contributed by atoms with van der Waals surface area (Å²) in [5.41, 5.74) is 3.31. The molecule has 0 aliphatic heterocycles. The fourth-order valence-corrected chi connectivity index (χ4v) is 2.92. The molecular weight excluding hydrogens is 394 g/mol. The van der Waals surface area contributed by atoms with Gasteiger partial charge in [0, 0.05) is 22.9 Å². The van der Waals surface area contributed by atoms with Gasteiger partial charge in [-0.05, 0) is 49.4 Å². The molecule has 0 aliphatic carbocycles. The van der Waals surface area contributed by atoms with Crippen LogP contribution in [-0.4, -0.2) is 29.8 Å². The molecule has 0 saturated carbocycles. The van der Waals surface area contributed by atoms with Gasteiger partial charge in [0.25, 0.3) is 5.91 Å². The molecule has 0 bridgehead atoms. The highest BCUT2D eigenvalue weighted by atomic mass is 16.5. The van der Waals surface area contributed by atoms with E-state index in [0.717, 1.165) is 11.1 Å². The molecule has 3 aromatic carbocycles. The van der Waals surface area contributed by atoms with Crippen molar-refractivity contribution in [3.8, 4) is 34.4 Å². The fraction of sp³-hybridized carbons (Fsp3) is 0.125. The van der Waals surface area contributed by atoms with Crippen molar-refractivity contribution in [3.63, 3.8) is 0 Å². The Kier molecular flexibility index (Phi) is 5.93. The maximum Gasteiger partial charge on any atom is 0.262 e. The Morgan fingerprint density at radius 1 is 0.903 bits per heavy atom. The van der Waals surface area contributed by atoms with E-state index in [0.29, 0.717) is 34.5 Å². The van der Waals surface area contributed by atoms with Gasteiger partial charge in [-0.3, -0.25) is 4.79 Å². The number of amides is 1. The van der Waals surface area contributed by atoms with Crippen molar-refractivity contribution in [1.82, 2.24) is 10.2 Å². The first kappa shape index (κ1) is 20.2. The number of ether oxygens (including phenoxy) is 2. The number of hydrogen-bond donors (Lipinski definition) is 1. The summed E-state index contributed by atoms with van der Waals surface area (Å²) in [5, 5.41) is 11.1. The lowest BCUT2D eigenvalue weighted by Gasteiger charge is -2.09. The van der Waals surface area contributed by atoms with Crippen LogP contribution in [0.1, 0.15) is 5.56 Å². The van der Waals surface area contributed by atoms with Crippen LogP contribution in [-0.2, 0) is 4.79 Å². The van der Waals surface area contributed by atoms with E-state index in [2.05, 4.69) is 15.5 Å². The second kappa shape index (κ2) is 9.13. The van der Waals surface area contributed by atoms with Gasteiger partial charge in [0.1, 0.15) is 11.5 Å². The summed E-state index contributed by atoms with van der Waals surface area (Å²) in [6, 6.07) is 22.1. The van der Waals surface area contributed by atoms with Crippen LogP contribution in [0.2, 0.25) is 0 Å². The predicted molar refractivity (Wildman–Crippen MR) is 117 cm³/mol. The Labute approximate surface area is 179 Å². The molecule has 7 heteroatoms. The molecule has 31 heavy (non-hydrogen) atoms. The second-order valence-corrected chi connectivity index (χ2v) is 6.88. The Hall–Kier alpha value is -4.13. The number of anilines is 1. The topological polar surface area (TPSA) is 86.5 Å². The van der Waals surface area contributed by atoms with E-state index in [1.54, 1.807) is 43.5 Å². The van der Waals surface area contributed by atoms with Crippen LogP contribution in [0.15, 0.2) is 77.2 Å². The molecule has 0 aliphatic rings. The van der Waals surface area contributed by atoms with Gasteiger partial charge in [0.2, 0.25) is 11.8 Å². The lowest BCUT2D eigenvalue weighted by molar-refractivity contribution is -0.118. The average Bonchev–Trinajstić information content (AvgIpc) is 3.29. The molecule has 4 aromatic rings. The molecule has 0 unspecified atom stereocenters. The zero-order valence-corrected chi connectivity index (χ0v) is 17.2. The molecular formula is C24H21N3O4. The van der Waals surface area contributed by atoms with Crippen LogP contribution in [0.25, 0.3) is 22.9 Å². The van der Waals surface area contributed by atoms with E-state index in [9.17, 15) is 4.79 Å². The third-order valence-electron chi connectivity index (χ3n) is 4.53. The monoisotopic (exact) mass is 415 g/mol. The zero-order chi connectivity index (χ0) is 21.6. The van der Waals surface area contributed by atoms with E-state index in [4.69, 9.17) is 13.9 Å². The number of carbonyl (C=O) groups excluding carboxylic acids is 1. The first-order chi connectivity index (χ1) is 15.1. The Bertz CT molecular complexity index is 1190. The van der Waals surface area contributed by atoms with Gasteiger partial charge in [-0.15, -0.1) is 10.2 Å². The number of nitrogens with one attached hydrogen (secondary N) is 1. The molecule has 0 radical (unpaired) electrons. The Morgan fingerprint density at radius 3 is 2.39 bits per heavy atom. The van der Waals surface area contributed by atoms with Crippen LogP contribution in [0.4, 0.5) is 5.69 Å². The van der Waals surface area contributed by atoms with Crippen LogP contribution in [0, 0.1) is 6.92 Å². The maximum absolute atomic E-state index is 12.3. The second-order valence-electron chi connectivity index (χ2n) is 6.88. The first-order valence-corrected chi connectivity index (χ1v) is 9.68. The SMILES string of the molecule is COc1cccc(OCC(=O)Nc2cccc(-c3nnc(-c4ccc(C)cc4)o3)c2)c1. The van der Waals surface area contributed by atoms with Crippen molar-refractivity contribution in [2.75, 3.05) is 19.0 Å². The van der Waals surface area contributed by atoms with Gasteiger partial charge < -0.3 is 19.2 Å². The smallest absolute Gasteiger partial charge is 0.262 e. The standard InChI is InChI=1S/C24H21N3O4/c1-16-9-11-17(12-10-16)23-26-27-24(31-23)18-5-3-6-19(13-18)25-22(28)15-30-21-8-4-7-20(14-21)29-2/h3-14H,15H2,1-2H3,(H,25,28). The third kappa shape index (κ3) is 5.08. The minimum Gasteiger partial charge on any atom is -0.497 e. The number of rotatable bonds is 7. The molecule has 0 fully saturated rings. The fourth-order valence-electron chi connectivity index (χ4n) is 2.92. The van der Waals surface area contributed by atoms with E-state index < -0.39 is 0 Å². The van der Waals surface area contributed by atoms with Crippen molar-refractivity contribution < 1.29 is 18.7 Å². The summed E-state index contributed by atoms with van der Waals surface area (Å²) < 4.78 is 16.5. The zero-order valence-electron chi connectivity index (χ0n) is 17.2. The summed E-state index contributed by atoms with van der Waals surface area (Å²) >= 11 is 0. The van der Waals surface area contributed by atoms with E-state index in [-0.39, 0.29) is 12.5 Å². The molecule has 1 heterocycles. The van der Waals surface area contributed by atoms with Crippen LogP contribution >= 0.6 is 0 Å². The summed E-state index contributed by atoms with van der Waals surface area (Å²) in [6.45, 7) is 1.89. The summed E-state index contributed by atoms with van der Waals surface area (Å²) in [7, 11) is 1.58. The summed E-state index contributed by atoms with van der Waals surface area (Å²) in [5.74, 6) is 1.74. The van der Waals surface area contributed by atoms with Crippen molar-refractivity contribution in [3.05, 3.63) is 78.4 Å². The van der Waals surface area contributed by atoms with Crippen LogP contribution < -0.4 is 14.8 Å². The lowest BCUT2D eigenvalue weighted by Crippen LogP contribution is -2.20. The van der Waals surface area contributed by atoms with Gasteiger partial charge in [0.15, 0.2) is 6.61 Å². The van der Waals surface area contributed by atoms with Crippen molar-refractivity contribution in [1.29, 1.82) is 0 Å². The number of hydrogen-bond acceptors (Lipinski definition) is 6. The summed E-state index contributed by atoms with van der Waals surface area (Å²) in [6.07, 6.45) is 0. The van der Waals surface area contributed by atoms with Crippen LogP contribution in [0.3, 0.4) is 0 Å². The third-order valence-corrected chi connectivity index (χ3v) is 4.53. The van der Waals surface area contributed by atoms with Crippen molar-refractivity contribution in [2.24, 2.45) is 0 Å². The van der Waals surface area contributed by atoms with E-state index in [1.165, 1.54) is 0 Å². The number of nitrogens with zero attached hydrogens (tertiary/aromatic N) is 2. The predicted octanol–water partition coefficient (Wildman–Crippen LogP) is 4.74. The number of methoxy groups -OCH3 is 1. The largest absolute Gasteiger partial charge is 0.497 e. The number of aromatic nitrogens is 2. The molecule has 0 atom stereocenters. The lowest BCUT2D eigenvalue weighted by atomic mass is 10.1. The van der Waals surface area contributed by atoms with Crippen molar-refractivity contribution >= 4 is 11.6 Å². The maximum atomic E-state index is 12.3. The van der Waals surface area contributed by atoms with Crippen molar-refractivity contribution in [2.45, 2.75) is 6.92 Å². The van der Waals surface area contributed by atoms with Gasteiger partial charge in [-0.2, -0.15) is 0 Å². The molecule has 0 saturated heterocycles. The number of carbonyl (C=O) groups is 1. The molecule has 1 amide bonds. The Balaban J connectivity index is 1.41. The van der Waals surface area contributed by atoms with E-state index >= 15 is 0 Å². The van der Waals surface area contributed by atoms with Gasteiger partial charge in [-0.25, -0.2) is 0 Å². The molecule has 7 nitrogen and oxygen atoms in total. The minimum atomic E-state index is -0.286. The molecule has 4 rings (SSSR count). The van der Waals surface area contributed by atoms with Gasteiger partial charge in [-0.1, -0.05) is 29.8 Å². The number of benzene rings is 3. The normalized spacial score (nSPS) is 10.5. The molecule has 0 spiro atoms.